The van der Waals surface area contributed by atoms with Gasteiger partial charge in [-0.2, -0.15) is 0 Å². The Morgan fingerprint density at radius 1 is 0.857 bits per heavy atom. The summed E-state index contributed by atoms with van der Waals surface area (Å²) in [6.07, 6.45) is 5.67. The van der Waals surface area contributed by atoms with E-state index in [4.69, 9.17) is 23.7 Å². The summed E-state index contributed by atoms with van der Waals surface area (Å²) in [5.41, 5.74) is 1.06. The summed E-state index contributed by atoms with van der Waals surface area (Å²) in [5.74, 6) is 0.473. The van der Waals surface area contributed by atoms with E-state index in [1.54, 1.807) is 55.5 Å². The van der Waals surface area contributed by atoms with Crippen LogP contribution in [0.5, 0.6) is 23.0 Å². The zero-order chi connectivity index (χ0) is 25.4. The number of allylic oxidation sites excluding steroid dienone is 5. The quantitative estimate of drug-likeness (QED) is 0.303. The lowest BCUT2D eigenvalue weighted by Crippen LogP contribution is -2.12. The molecular formula is C27H26O8. The number of methoxy groups -OCH3 is 3. The maximum Gasteiger partial charge on any atom is 0.350 e. The molecule has 0 saturated carbocycles. The third-order valence-corrected chi connectivity index (χ3v) is 5.20. The van der Waals surface area contributed by atoms with Gasteiger partial charge in [0.1, 0.15) is 40.6 Å². The molecule has 1 aliphatic carbocycles. The van der Waals surface area contributed by atoms with Gasteiger partial charge in [0.25, 0.3) is 0 Å². The average molecular weight is 478 g/mol. The summed E-state index contributed by atoms with van der Waals surface area (Å²) < 4.78 is 26.8. The standard InChI is InChI=1S/C27H26O8/c1-17-8-9-20(35-27(30)25-22(32-3)6-5-7-23(25)33-4)14-15-21(17)26(29)24(16-28)34-19-12-10-18(31-2)11-13-19/h5-8,10-16,28H,9H2,1-4H3/b24-16+. The van der Waals surface area contributed by atoms with Crippen LogP contribution in [0.15, 0.2) is 89.6 Å². The zero-order valence-corrected chi connectivity index (χ0v) is 19.9. The highest BCUT2D eigenvalue weighted by molar-refractivity contribution is 6.10. The molecule has 35 heavy (non-hydrogen) atoms. The Morgan fingerprint density at radius 2 is 1.49 bits per heavy atom. The van der Waals surface area contributed by atoms with Gasteiger partial charge in [-0.1, -0.05) is 12.1 Å². The second kappa shape index (κ2) is 11.6. The van der Waals surface area contributed by atoms with Crippen LogP contribution in [0.4, 0.5) is 0 Å². The number of ketones is 1. The van der Waals surface area contributed by atoms with Gasteiger partial charge in [-0.05, 0) is 61.0 Å². The van der Waals surface area contributed by atoms with Crippen LogP contribution < -0.4 is 18.9 Å². The van der Waals surface area contributed by atoms with E-state index in [9.17, 15) is 14.7 Å². The van der Waals surface area contributed by atoms with E-state index in [-0.39, 0.29) is 23.3 Å². The fourth-order valence-electron chi connectivity index (χ4n) is 3.33. The second-order valence-electron chi connectivity index (χ2n) is 7.33. The molecule has 0 unspecified atom stereocenters. The molecule has 0 atom stereocenters. The van der Waals surface area contributed by atoms with Gasteiger partial charge in [0.2, 0.25) is 11.5 Å². The minimum atomic E-state index is -0.654. The molecule has 8 heteroatoms. The first-order valence-corrected chi connectivity index (χ1v) is 10.6. The smallest absolute Gasteiger partial charge is 0.350 e. The fourth-order valence-corrected chi connectivity index (χ4v) is 3.33. The number of ether oxygens (including phenoxy) is 5. The monoisotopic (exact) mass is 478 g/mol. The molecule has 0 radical (unpaired) electrons. The summed E-state index contributed by atoms with van der Waals surface area (Å²) in [4.78, 5) is 26.0. The molecule has 0 saturated heterocycles. The van der Waals surface area contributed by atoms with Crippen LogP contribution in [-0.4, -0.2) is 38.2 Å². The van der Waals surface area contributed by atoms with Gasteiger partial charge >= 0.3 is 5.97 Å². The Kier molecular flexibility index (Phi) is 8.34. The molecule has 182 valence electrons. The van der Waals surface area contributed by atoms with Crippen molar-refractivity contribution in [3.63, 3.8) is 0 Å². The maximum atomic E-state index is 13.1. The highest BCUT2D eigenvalue weighted by atomic mass is 16.5. The molecule has 2 aromatic rings. The number of rotatable bonds is 9. The molecule has 3 rings (SSSR count). The molecule has 0 fully saturated rings. The van der Waals surface area contributed by atoms with Crippen molar-refractivity contribution in [3.8, 4) is 23.0 Å². The van der Waals surface area contributed by atoms with Crippen molar-refractivity contribution in [2.24, 2.45) is 0 Å². The molecule has 1 aliphatic rings. The maximum absolute atomic E-state index is 13.1. The van der Waals surface area contributed by atoms with Gasteiger partial charge < -0.3 is 28.8 Å². The normalized spacial score (nSPS) is 13.5. The highest BCUT2D eigenvalue weighted by Crippen LogP contribution is 2.31. The van der Waals surface area contributed by atoms with E-state index in [1.807, 2.05) is 0 Å². The van der Waals surface area contributed by atoms with Gasteiger partial charge in [0, 0.05) is 12.0 Å². The zero-order valence-electron chi connectivity index (χ0n) is 19.9. The molecular weight excluding hydrogens is 452 g/mol. The first-order valence-electron chi connectivity index (χ1n) is 10.6. The van der Waals surface area contributed by atoms with Gasteiger partial charge in [-0.25, -0.2) is 4.79 Å². The number of benzene rings is 2. The fraction of sp³-hybridized carbons (Fsp3) is 0.185. The number of Topliss-reactive ketones (excluding diaryl/α,β-unsaturated/α-hetero) is 1. The van der Waals surface area contributed by atoms with E-state index in [1.165, 1.54) is 33.5 Å². The lowest BCUT2D eigenvalue weighted by Gasteiger charge is -2.13. The molecule has 2 aromatic carbocycles. The summed E-state index contributed by atoms with van der Waals surface area (Å²) in [5, 5.41) is 9.65. The Balaban J connectivity index is 1.81. The van der Waals surface area contributed by atoms with Crippen LogP contribution in [0.2, 0.25) is 0 Å². The first kappa shape index (κ1) is 25.2. The van der Waals surface area contributed by atoms with Crippen molar-refractivity contribution in [2.45, 2.75) is 13.3 Å². The Hall–Kier alpha value is -4.46. The lowest BCUT2D eigenvalue weighted by molar-refractivity contribution is -0.114. The van der Waals surface area contributed by atoms with Crippen molar-refractivity contribution in [1.29, 1.82) is 0 Å². The summed E-state index contributed by atoms with van der Waals surface area (Å²) >= 11 is 0. The van der Waals surface area contributed by atoms with Gasteiger partial charge in [0.05, 0.1) is 21.3 Å². The SMILES string of the molecule is COc1ccc(O/C(=C/O)C(=O)C2=CC=C(OC(=O)c3c(OC)cccc3OC)CC=C2C)cc1. The number of aliphatic hydroxyl groups is 1. The van der Waals surface area contributed by atoms with Crippen molar-refractivity contribution < 1.29 is 38.4 Å². The minimum absolute atomic E-state index is 0.155. The Bertz CT molecular complexity index is 1190. The van der Waals surface area contributed by atoms with Crippen LogP contribution in [0.3, 0.4) is 0 Å². The second-order valence-corrected chi connectivity index (χ2v) is 7.33. The van der Waals surface area contributed by atoms with Crippen molar-refractivity contribution in [1.82, 2.24) is 0 Å². The van der Waals surface area contributed by atoms with E-state index in [2.05, 4.69) is 0 Å². The van der Waals surface area contributed by atoms with Crippen molar-refractivity contribution in [2.75, 3.05) is 21.3 Å². The molecule has 8 nitrogen and oxygen atoms in total. The molecule has 0 amide bonds. The molecule has 1 N–H and O–H groups in total. The van der Waals surface area contributed by atoms with Crippen LogP contribution in [-0.2, 0) is 9.53 Å². The number of carbonyl (C=O) groups excluding carboxylic acids is 2. The Morgan fingerprint density at radius 3 is 2.06 bits per heavy atom. The molecule has 0 aliphatic heterocycles. The largest absolute Gasteiger partial charge is 0.512 e. The number of carbonyl (C=O) groups is 2. The Labute approximate surface area is 203 Å². The third kappa shape index (κ3) is 5.92. The van der Waals surface area contributed by atoms with E-state index >= 15 is 0 Å². The molecule has 0 aromatic heterocycles. The predicted octanol–water partition coefficient (Wildman–Crippen LogP) is 5.08. The van der Waals surface area contributed by atoms with Crippen LogP contribution in [0.25, 0.3) is 0 Å². The van der Waals surface area contributed by atoms with Gasteiger partial charge in [-0.3, -0.25) is 4.79 Å². The third-order valence-electron chi connectivity index (χ3n) is 5.20. The number of hydrogen-bond acceptors (Lipinski definition) is 8. The first-order chi connectivity index (χ1) is 16.9. The summed E-state index contributed by atoms with van der Waals surface area (Å²) in [6.45, 7) is 1.74. The molecule has 0 bridgehead atoms. The molecule has 0 spiro atoms. The van der Waals surface area contributed by atoms with Crippen LogP contribution in [0.1, 0.15) is 23.7 Å². The van der Waals surface area contributed by atoms with Crippen LogP contribution >= 0.6 is 0 Å². The predicted molar refractivity (Wildman–Crippen MR) is 129 cm³/mol. The molecule has 0 heterocycles. The van der Waals surface area contributed by atoms with Crippen molar-refractivity contribution in [3.05, 3.63) is 95.2 Å². The number of esters is 1. The highest BCUT2D eigenvalue weighted by Gasteiger charge is 2.23. The number of hydrogen-bond donors (Lipinski definition) is 1. The van der Waals surface area contributed by atoms with E-state index in [0.717, 1.165) is 0 Å². The summed E-state index contributed by atoms with van der Waals surface area (Å²) in [6, 6.07) is 11.5. The lowest BCUT2D eigenvalue weighted by atomic mass is 10.0. The summed E-state index contributed by atoms with van der Waals surface area (Å²) in [7, 11) is 4.44. The average Bonchev–Trinajstić information content (AvgIpc) is 3.07. The van der Waals surface area contributed by atoms with Gasteiger partial charge in [0.15, 0.2) is 0 Å². The van der Waals surface area contributed by atoms with E-state index in [0.29, 0.717) is 40.6 Å². The topological polar surface area (TPSA) is 101 Å². The van der Waals surface area contributed by atoms with Crippen molar-refractivity contribution >= 4 is 11.8 Å². The van der Waals surface area contributed by atoms with Crippen LogP contribution in [0, 0.1) is 0 Å². The number of aliphatic hydroxyl groups excluding tert-OH is 1. The minimum Gasteiger partial charge on any atom is -0.512 e. The van der Waals surface area contributed by atoms with E-state index < -0.39 is 11.8 Å². The van der Waals surface area contributed by atoms with Gasteiger partial charge in [-0.15, -0.1) is 0 Å².